The van der Waals surface area contributed by atoms with E-state index >= 15 is 0 Å². The average molecular weight is 350 g/mol. The van der Waals surface area contributed by atoms with Gasteiger partial charge < -0.3 is 0 Å². The predicted molar refractivity (Wildman–Crippen MR) is 94.5 cm³/mol. The minimum Gasteiger partial charge on any atom is -0.237 e. The van der Waals surface area contributed by atoms with Crippen LogP contribution in [0.4, 0.5) is 0 Å². The van der Waals surface area contributed by atoms with Crippen molar-refractivity contribution in [3.05, 3.63) is 72.8 Å². The first-order chi connectivity index (χ1) is 12.1. The molecule has 0 amide bonds. The van der Waals surface area contributed by atoms with Gasteiger partial charge in [-0.2, -0.15) is 0 Å². The molecule has 0 bridgehead atoms. The quantitative estimate of drug-likeness (QED) is 0.567. The number of nitrogens with zero attached hydrogens (tertiary/aromatic N) is 4. The summed E-state index contributed by atoms with van der Waals surface area (Å²) in [4.78, 5) is 12.9. The van der Waals surface area contributed by atoms with Crippen LogP contribution in [0.3, 0.4) is 0 Å². The zero-order valence-corrected chi connectivity index (χ0v) is 14.2. The molecule has 0 radical (unpaired) electrons. The Labute approximate surface area is 144 Å². The molecule has 0 aliphatic heterocycles. The summed E-state index contributed by atoms with van der Waals surface area (Å²) >= 11 is 0. The van der Waals surface area contributed by atoms with Crippen LogP contribution in [0.5, 0.6) is 0 Å². The van der Waals surface area contributed by atoms with E-state index in [4.69, 9.17) is 0 Å². The first-order valence-electron chi connectivity index (χ1n) is 7.63. The highest BCUT2D eigenvalue weighted by Crippen LogP contribution is 2.29. The van der Waals surface area contributed by atoms with E-state index in [1.54, 1.807) is 55.0 Å². The third kappa shape index (κ3) is 2.58. The van der Waals surface area contributed by atoms with Crippen molar-refractivity contribution in [1.29, 1.82) is 0 Å². The molecule has 0 unspecified atom stereocenters. The van der Waals surface area contributed by atoms with E-state index in [0.29, 0.717) is 22.4 Å². The number of hydrogen-bond acceptors (Lipinski definition) is 5. The van der Waals surface area contributed by atoms with Crippen LogP contribution >= 0.6 is 0 Å². The molecule has 0 atom stereocenters. The van der Waals surface area contributed by atoms with Crippen LogP contribution in [0, 0.1) is 6.92 Å². The third-order valence-corrected chi connectivity index (χ3v) is 5.58. The second kappa shape index (κ2) is 5.78. The summed E-state index contributed by atoms with van der Waals surface area (Å²) in [5.41, 5.74) is 1.97. The standard InChI is InChI=1S/C18H14N4O2S/c1-13-5-7-14(8-6-13)25(23,24)22-12-16(17-19-10-3-11-20-17)15-4-2-9-21-18(15)22/h2-12H,1H3. The summed E-state index contributed by atoms with van der Waals surface area (Å²) in [7, 11) is -3.77. The molecule has 3 heterocycles. The van der Waals surface area contributed by atoms with Crippen molar-refractivity contribution in [2.45, 2.75) is 11.8 Å². The highest BCUT2D eigenvalue weighted by Gasteiger charge is 2.23. The lowest BCUT2D eigenvalue weighted by atomic mass is 10.2. The van der Waals surface area contributed by atoms with Crippen LogP contribution in [-0.2, 0) is 10.0 Å². The fourth-order valence-corrected chi connectivity index (χ4v) is 3.98. The van der Waals surface area contributed by atoms with Gasteiger partial charge in [-0.15, -0.1) is 0 Å². The Balaban J connectivity index is 1.98. The fourth-order valence-electron chi connectivity index (χ4n) is 2.65. The summed E-state index contributed by atoms with van der Waals surface area (Å²) in [5.74, 6) is 0.457. The van der Waals surface area contributed by atoms with Gasteiger partial charge >= 0.3 is 0 Å². The van der Waals surface area contributed by atoms with Crippen LogP contribution in [-0.4, -0.2) is 27.3 Å². The molecule has 0 aliphatic carbocycles. The fraction of sp³-hybridized carbons (Fsp3) is 0.0556. The van der Waals surface area contributed by atoms with Gasteiger partial charge in [-0.3, -0.25) is 0 Å². The molecule has 0 fully saturated rings. The lowest BCUT2D eigenvalue weighted by Gasteiger charge is -2.07. The first-order valence-corrected chi connectivity index (χ1v) is 9.07. The van der Waals surface area contributed by atoms with Crippen LogP contribution in [0.25, 0.3) is 22.4 Å². The van der Waals surface area contributed by atoms with Crippen molar-refractivity contribution >= 4 is 21.1 Å². The summed E-state index contributed by atoms with van der Waals surface area (Å²) in [6.07, 6.45) is 6.34. The van der Waals surface area contributed by atoms with Crippen molar-refractivity contribution in [2.24, 2.45) is 0 Å². The van der Waals surface area contributed by atoms with Gasteiger partial charge in [-0.05, 0) is 37.3 Å². The molecule has 4 rings (SSSR count). The number of hydrogen-bond donors (Lipinski definition) is 0. The first kappa shape index (κ1) is 15.5. The normalized spacial score (nSPS) is 11.7. The highest BCUT2D eigenvalue weighted by atomic mass is 32.2. The average Bonchev–Trinajstić information content (AvgIpc) is 3.03. The predicted octanol–water partition coefficient (Wildman–Crippen LogP) is 3.04. The Bertz CT molecular complexity index is 1150. The minimum absolute atomic E-state index is 0.209. The number of benzene rings is 1. The van der Waals surface area contributed by atoms with Gasteiger partial charge in [-0.1, -0.05) is 17.7 Å². The lowest BCUT2D eigenvalue weighted by Crippen LogP contribution is -2.12. The van der Waals surface area contributed by atoms with Crippen molar-refractivity contribution in [3.8, 4) is 11.4 Å². The molecule has 0 N–H and O–H groups in total. The van der Waals surface area contributed by atoms with E-state index in [-0.39, 0.29) is 4.90 Å². The molecule has 6 nitrogen and oxygen atoms in total. The highest BCUT2D eigenvalue weighted by molar-refractivity contribution is 7.90. The maximum atomic E-state index is 13.1. The van der Waals surface area contributed by atoms with Crippen LogP contribution in [0.2, 0.25) is 0 Å². The number of rotatable bonds is 3. The number of pyridine rings is 1. The SMILES string of the molecule is Cc1ccc(S(=O)(=O)n2cc(-c3ncccn3)c3cccnc32)cc1. The van der Waals surface area contributed by atoms with Gasteiger partial charge in [0.25, 0.3) is 10.0 Å². The van der Waals surface area contributed by atoms with Gasteiger partial charge in [0.1, 0.15) is 0 Å². The molecule has 7 heteroatoms. The molecule has 25 heavy (non-hydrogen) atoms. The molecular formula is C18H14N4O2S. The van der Waals surface area contributed by atoms with Crippen LogP contribution in [0.1, 0.15) is 5.56 Å². The molecule has 0 saturated carbocycles. The van der Waals surface area contributed by atoms with Gasteiger partial charge in [0.05, 0.1) is 4.90 Å². The van der Waals surface area contributed by atoms with Crippen LogP contribution in [0.15, 0.2) is 72.1 Å². The van der Waals surface area contributed by atoms with Gasteiger partial charge in [0, 0.05) is 35.7 Å². The second-order valence-electron chi connectivity index (χ2n) is 5.60. The Hall–Kier alpha value is -3.06. The molecule has 124 valence electrons. The Morgan fingerprint density at radius 2 is 1.56 bits per heavy atom. The summed E-state index contributed by atoms with van der Waals surface area (Å²) in [6, 6.07) is 12.0. The molecule has 4 aromatic rings. The zero-order chi connectivity index (χ0) is 17.4. The topological polar surface area (TPSA) is 77.7 Å². The minimum atomic E-state index is -3.77. The van der Waals surface area contributed by atoms with Gasteiger partial charge in [0.2, 0.25) is 0 Å². The van der Waals surface area contributed by atoms with Crippen molar-refractivity contribution < 1.29 is 8.42 Å². The zero-order valence-electron chi connectivity index (χ0n) is 13.4. The molecule has 0 saturated heterocycles. The van der Waals surface area contributed by atoms with E-state index in [9.17, 15) is 8.42 Å². The van der Waals surface area contributed by atoms with E-state index in [1.807, 2.05) is 13.0 Å². The monoisotopic (exact) mass is 350 g/mol. The second-order valence-corrected chi connectivity index (χ2v) is 7.42. The summed E-state index contributed by atoms with van der Waals surface area (Å²) in [5, 5.41) is 0.685. The van der Waals surface area contributed by atoms with E-state index in [0.717, 1.165) is 5.56 Å². The molecule has 1 aromatic carbocycles. The smallest absolute Gasteiger partial charge is 0.237 e. The number of aryl methyl sites for hydroxylation is 1. The number of fused-ring (bicyclic) bond motifs is 1. The largest absolute Gasteiger partial charge is 0.269 e. The van der Waals surface area contributed by atoms with Gasteiger partial charge in [0.15, 0.2) is 11.5 Å². The summed E-state index contributed by atoms with van der Waals surface area (Å²) < 4.78 is 27.4. The maximum Gasteiger partial charge on any atom is 0.269 e. The molecular weight excluding hydrogens is 336 g/mol. The Morgan fingerprint density at radius 3 is 2.28 bits per heavy atom. The Morgan fingerprint density at radius 1 is 0.880 bits per heavy atom. The molecule has 0 aliphatic rings. The van der Waals surface area contributed by atoms with E-state index in [1.165, 1.54) is 10.2 Å². The van der Waals surface area contributed by atoms with E-state index in [2.05, 4.69) is 15.0 Å². The lowest BCUT2D eigenvalue weighted by molar-refractivity contribution is 0.589. The maximum absolute atomic E-state index is 13.1. The molecule has 0 spiro atoms. The number of aromatic nitrogens is 4. The Kier molecular flexibility index (Phi) is 3.58. The van der Waals surface area contributed by atoms with Crippen molar-refractivity contribution in [2.75, 3.05) is 0 Å². The van der Waals surface area contributed by atoms with Gasteiger partial charge in [-0.25, -0.2) is 27.3 Å². The molecule has 3 aromatic heterocycles. The van der Waals surface area contributed by atoms with Crippen molar-refractivity contribution in [1.82, 2.24) is 18.9 Å². The van der Waals surface area contributed by atoms with Crippen LogP contribution < -0.4 is 0 Å². The van der Waals surface area contributed by atoms with E-state index < -0.39 is 10.0 Å². The van der Waals surface area contributed by atoms with Crippen molar-refractivity contribution in [3.63, 3.8) is 0 Å². The third-order valence-electron chi connectivity index (χ3n) is 3.92. The summed E-state index contributed by atoms with van der Waals surface area (Å²) in [6.45, 7) is 1.91.